The van der Waals surface area contributed by atoms with Gasteiger partial charge in [0, 0.05) is 0 Å². The van der Waals surface area contributed by atoms with Crippen molar-refractivity contribution in [3.8, 4) is 0 Å². The van der Waals surface area contributed by atoms with E-state index in [0.717, 1.165) is 6.26 Å². The molecule has 0 bridgehead atoms. The number of carbonyl (C=O) groups excluding carboxylic acids is 1. The van der Waals surface area contributed by atoms with Crippen molar-refractivity contribution in [3.63, 3.8) is 0 Å². The molecule has 0 unspecified atom stereocenters. The van der Waals surface area contributed by atoms with Crippen LogP contribution in [0.5, 0.6) is 0 Å². The first-order chi connectivity index (χ1) is 12.3. The Bertz CT molecular complexity index is 667. The maximum absolute atomic E-state index is 13.5. The van der Waals surface area contributed by atoms with Crippen molar-refractivity contribution in [2.45, 2.75) is 25.2 Å². The van der Waals surface area contributed by atoms with Gasteiger partial charge < -0.3 is 9.47 Å². The van der Waals surface area contributed by atoms with Crippen molar-refractivity contribution in [2.24, 2.45) is 0 Å². The van der Waals surface area contributed by atoms with Crippen LogP contribution in [-0.2, 0) is 21.8 Å². The van der Waals surface area contributed by atoms with E-state index in [1.165, 1.54) is 0 Å². The highest BCUT2D eigenvalue weighted by Gasteiger charge is 2.50. The number of unbranched alkanes of at least 4 members (excludes halogenated alkanes) is 1. The molecule has 0 N–H and O–H groups in total. The Labute approximate surface area is 146 Å². The van der Waals surface area contributed by atoms with Crippen molar-refractivity contribution in [2.75, 3.05) is 13.2 Å². The van der Waals surface area contributed by atoms with Gasteiger partial charge in [-0.1, -0.05) is 6.58 Å². The lowest BCUT2D eigenvalue weighted by molar-refractivity contribution is -0.147. The second-order valence-corrected chi connectivity index (χ2v) is 4.94. The summed E-state index contributed by atoms with van der Waals surface area (Å²) in [4.78, 5) is 11.8. The Kier molecular flexibility index (Phi) is 7.15. The minimum Gasteiger partial charge on any atom is -0.502 e. The van der Waals surface area contributed by atoms with E-state index in [-0.39, 0.29) is 19.4 Å². The molecule has 0 radical (unpaired) electrons. The number of carbonyl (C=O) groups is 1. The van der Waals surface area contributed by atoms with Gasteiger partial charge in [0.05, 0.1) is 25.0 Å². The second-order valence-electron chi connectivity index (χ2n) is 4.94. The molecule has 0 atom stereocenters. The summed E-state index contributed by atoms with van der Waals surface area (Å²) in [5.41, 5.74) is -8.27. The largest absolute Gasteiger partial charge is 0.502 e. The lowest BCUT2D eigenvalue weighted by atomic mass is 9.98. The van der Waals surface area contributed by atoms with E-state index in [2.05, 4.69) is 16.1 Å². The van der Waals surface area contributed by atoms with Gasteiger partial charge in [0.15, 0.2) is 17.5 Å². The number of ether oxygens (including phenoxy) is 2. The third-order valence-electron chi connectivity index (χ3n) is 3.10. The molecule has 1 aromatic rings. The first-order valence-corrected chi connectivity index (χ1v) is 7.08. The zero-order chi connectivity index (χ0) is 21.0. The Hall–Kier alpha value is -2.40. The standard InChI is InChI=1S/C15H11F9O3/c1-2-26-5-3-4-6-27-13(25)7-8(14(19,20)21)10(16)12(18)11(17)9(7)15(22,23)24/h2H,1,3-6H2. The van der Waals surface area contributed by atoms with Gasteiger partial charge in [0.2, 0.25) is 0 Å². The first kappa shape index (κ1) is 22.6. The summed E-state index contributed by atoms with van der Waals surface area (Å²) in [6.07, 6.45) is -10.6. The molecule has 1 aromatic carbocycles. The van der Waals surface area contributed by atoms with Crippen LogP contribution < -0.4 is 0 Å². The number of esters is 1. The molecule has 1 rings (SSSR count). The molecule has 0 saturated carbocycles. The maximum Gasteiger partial charge on any atom is 0.420 e. The van der Waals surface area contributed by atoms with Crippen LogP contribution in [0.1, 0.15) is 34.3 Å². The monoisotopic (exact) mass is 410 g/mol. The minimum absolute atomic E-state index is 0.0472. The van der Waals surface area contributed by atoms with E-state index < -0.39 is 59.1 Å². The molecule has 0 spiro atoms. The zero-order valence-corrected chi connectivity index (χ0v) is 13.2. The lowest BCUT2D eigenvalue weighted by Gasteiger charge is -2.19. The molecule has 3 nitrogen and oxygen atoms in total. The lowest BCUT2D eigenvalue weighted by Crippen LogP contribution is -2.26. The van der Waals surface area contributed by atoms with E-state index in [4.69, 9.17) is 0 Å². The van der Waals surface area contributed by atoms with Crippen LogP contribution in [0.4, 0.5) is 39.5 Å². The van der Waals surface area contributed by atoms with Gasteiger partial charge in [-0.2, -0.15) is 26.3 Å². The van der Waals surface area contributed by atoms with Gasteiger partial charge >= 0.3 is 18.3 Å². The van der Waals surface area contributed by atoms with Crippen LogP contribution in [0.2, 0.25) is 0 Å². The fourth-order valence-corrected chi connectivity index (χ4v) is 2.00. The average molecular weight is 410 g/mol. The SMILES string of the molecule is C=COCCCCOC(=O)c1c(C(F)(F)F)c(F)c(F)c(F)c1C(F)(F)F. The van der Waals surface area contributed by atoms with Crippen LogP contribution in [-0.4, -0.2) is 19.2 Å². The van der Waals surface area contributed by atoms with Crippen molar-refractivity contribution in [1.29, 1.82) is 0 Å². The van der Waals surface area contributed by atoms with Crippen LogP contribution >= 0.6 is 0 Å². The smallest absolute Gasteiger partial charge is 0.420 e. The molecule has 0 saturated heterocycles. The summed E-state index contributed by atoms with van der Waals surface area (Å²) in [7, 11) is 0. The molecule has 0 amide bonds. The third kappa shape index (κ3) is 5.30. The summed E-state index contributed by atoms with van der Waals surface area (Å²) in [5.74, 6) is -11.2. The van der Waals surface area contributed by atoms with Crippen LogP contribution in [0.15, 0.2) is 12.8 Å². The predicted octanol–water partition coefficient (Wildman–Crippen LogP) is 5.24. The number of alkyl halides is 6. The Morgan fingerprint density at radius 2 is 1.30 bits per heavy atom. The molecular formula is C15H11F9O3. The Balaban J connectivity index is 3.37. The molecule has 152 valence electrons. The fraction of sp³-hybridized carbons (Fsp3) is 0.400. The first-order valence-electron chi connectivity index (χ1n) is 7.08. The van der Waals surface area contributed by atoms with Crippen molar-refractivity contribution in [3.05, 3.63) is 47.0 Å². The Morgan fingerprint density at radius 1 is 0.852 bits per heavy atom. The van der Waals surface area contributed by atoms with Gasteiger partial charge in [-0.3, -0.25) is 0 Å². The number of hydrogen-bond donors (Lipinski definition) is 0. The van der Waals surface area contributed by atoms with Crippen LogP contribution in [0, 0.1) is 17.5 Å². The number of hydrogen-bond acceptors (Lipinski definition) is 3. The number of rotatable bonds is 7. The molecule has 0 aromatic heterocycles. The van der Waals surface area contributed by atoms with Gasteiger partial charge in [0.1, 0.15) is 11.1 Å². The fourth-order valence-electron chi connectivity index (χ4n) is 2.00. The van der Waals surface area contributed by atoms with Crippen molar-refractivity contribution >= 4 is 5.97 Å². The van der Waals surface area contributed by atoms with E-state index in [1.807, 2.05) is 0 Å². The van der Waals surface area contributed by atoms with Crippen molar-refractivity contribution < 1.29 is 53.8 Å². The summed E-state index contributed by atoms with van der Waals surface area (Å²) < 4.78 is 127. The average Bonchev–Trinajstić information content (AvgIpc) is 2.52. The summed E-state index contributed by atoms with van der Waals surface area (Å²) >= 11 is 0. The highest BCUT2D eigenvalue weighted by molar-refractivity contribution is 5.93. The van der Waals surface area contributed by atoms with Gasteiger partial charge in [-0.05, 0) is 12.8 Å². The van der Waals surface area contributed by atoms with Gasteiger partial charge in [-0.25, -0.2) is 18.0 Å². The van der Waals surface area contributed by atoms with Gasteiger partial charge in [-0.15, -0.1) is 0 Å². The highest BCUT2D eigenvalue weighted by Crippen LogP contribution is 2.43. The molecule has 0 heterocycles. The highest BCUT2D eigenvalue weighted by atomic mass is 19.4. The van der Waals surface area contributed by atoms with Crippen LogP contribution in [0.3, 0.4) is 0 Å². The molecule has 12 heteroatoms. The summed E-state index contributed by atoms with van der Waals surface area (Å²) in [5, 5.41) is 0. The van der Waals surface area contributed by atoms with E-state index in [9.17, 15) is 44.3 Å². The number of halogens is 9. The molecular weight excluding hydrogens is 399 g/mol. The summed E-state index contributed by atoms with van der Waals surface area (Å²) in [6.45, 7) is 2.61. The van der Waals surface area contributed by atoms with Crippen LogP contribution in [0.25, 0.3) is 0 Å². The van der Waals surface area contributed by atoms with E-state index in [1.54, 1.807) is 0 Å². The number of benzene rings is 1. The minimum atomic E-state index is -5.93. The zero-order valence-electron chi connectivity index (χ0n) is 13.2. The Morgan fingerprint density at radius 3 is 1.70 bits per heavy atom. The molecule has 0 aliphatic heterocycles. The van der Waals surface area contributed by atoms with E-state index >= 15 is 0 Å². The third-order valence-corrected chi connectivity index (χ3v) is 3.10. The van der Waals surface area contributed by atoms with E-state index in [0.29, 0.717) is 0 Å². The van der Waals surface area contributed by atoms with Gasteiger partial charge in [0.25, 0.3) is 0 Å². The molecule has 0 fully saturated rings. The molecule has 27 heavy (non-hydrogen) atoms. The predicted molar refractivity (Wildman–Crippen MR) is 72.0 cm³/mol. The normalized spacial score (nSPS) is 12.0. The molecule has 0 aliphatic carbocycles. The summed E-state index contributed by atoms with van der Waals surface area (Å²) in [6, 6.07) is 0. The molecule has 0 aliphatic rings. The maximum atomic E-state index is 13.5. The quantitative estimate of drug-likeness (QED) is 0.203. The topological polar surface area (TPSA) is 35.5 Å². The van der Waals surface area contributed by atoms with Crippen molar-refractivity contribution in [1.82, 2.24) is 0 Å². The second kappa shape index (κ2) is 8.53.